The van der Waals surface area contributed by atoms with Crippen molar-refractivity contribution in [1.82, 2.24) is 24.7 Å². The Kier molecular flexibility index (Phi) is 5.02. The first-order valence-corrected chi connectivity index (χ1v) is 8.38. The molecule has 0 N–H and O–H groups in total. The van der Waals surface area contributed by atoms with Gasteiger partial charge in [0, 0.05) is 45.6 Å². The molecule has 0 aliphatic carbocycles. The van der Waals surface area contributed by atoms with Crippen LogP contribution in [-0.4, -0.2) is 59.0 Å². The molecule has 2 fully saturated rings. The number of nitrogens with zero attached hydrogens (tertiary/aromatic N) is 5. The Morgan fingerprint density at radius 2 is 1.12 bits per heavy atom. The van der Waals surface area contributed by atoms with Gasteiger partial charge in [0.1, 0.15) is 17.5 Å². The highest BCUT2D eigenvalue weighted by molar-refractivity contribution is 5.36. The van der Waals surface area contributed by atoms with E-state index < -0.39 is 0 Å². The first kappa shape index (κ1) is 18.0. The van der Waals surface area contributed by atoms with Crippen LogP contribution in [0.1, 0.15) is 26.7 Å². The van der Waals surface area contributed by atoms with Gasteiger partial charge in [-0.3, -0.25) is 10.0 Å². The van der Waals surface area contributed by atoms with Gasteiger partial charge in [-0.1, -0.05) is 26.3 Å². The molecular formula is C19H31N5. The zero-order chi connectivity index (χ0) is 18.2. The first-order valence-electron chi connectivity index (χ1n) is 8.38. The van der Waals surface area contributed by atoms with E-state index in [9.17, 15) is 0 Å². The largest absolute Gasteiger partial charge is 0.335 e. The number of allylic oxidation sites excluding steroid dienone is 2. The van der Waals surface area contributed by atoms with Gasteiger partial charge in [-0.25, -0.2) is 0 Å². The molecule has 3 heterocycles. The first-order chi connectivity index (χ1) is 11.2. The maximum atomic E-state index is 4.02. The zero-order valence-electron chi connectivity index (χ0n) is 15.9. The topological polar surface area (TPSA) is 16.2 Å². The number of rotatable bonds is 0. The molecule has 0 bridgehead atoms. The molecule has 132 valence electrons. The van der Waals surface area contributed by atoms with Crippen molar-refractivity contribution in [3.63, 3.8) is 0 Å². The van der Waals surface area contributed by atoms with E-state index in [0.717, 1.165) is 36.2 Å². The summed E-state index contributed by atoms with van der Waals surface area (Å²) in [4.78, 5) is 6.12. The van der Waals surface area contributed by atoms with Crippen molar-refractivity contribution in [3.05, 3.63) is 60.7 Å². The number of hydrogen-bond donors (Lipinski definition) is 0. The van der Waals surface area contributed by atoms with Gasteiger partial charge in [0.25, 0.3) is 0 Å². The second-order valence-corrected chi connectivity index (χ2v) is 6.54. The van der Waals surface area contributed by atoms with Crippen LogP contribution in [-0.2, 0) is 0 Å². The average molecular weight is 329 g/mol. The highest BCUT2D eigenvalue weighted by Gasteiger charge is 2.32. The van der Waals surface area contributed by atoms with E-state index in [0.29, 0.717) is 0 Å². The Morgan fingerprint density at radius 3 is 1.58 bits per heavy atom. The minimum Gasteiger partial charge on any atom is -0.335 e. The van der Waals surface area contributed by atoms with Crippen LogP contribution < -0.4 is 0 Å². The quantitative estimate of drug-likeness (QED) is 0.675. The van der Waals surface area contributed by atoms with Crippen molar-refractivity contribution < 1.29 is 0 Å². The normalized spacial score (nSPS) is 21.5. The molecular weight excluding hydrogens is 298 g/mol. The maximum Gasteiger partial charge on any atom is 0.121 e. The SMILES string of the molecule is C=C1C(C)=C(C)N(C)C(=C)N1C.C=C1N(C)C(=C)N2CCCCN12. The molecule has 3 rings (SSSR count). The highest BCUT2D eigenvalue weighted by atomic mass is 15.8. The summed E-state index contributed by atoms with van der Waals surface area (Å²) in [5.74, 6) is 3.09. The lowest BCUT2D eigenvalue weighted by Crippen LogP contribution is -2.39. The summed E-state index contributed by atoms with van der Waals surface area (Å²) in [5.41, 5.74) is 3.49. The number of hydrogen-bond acceptors (Lipinski definition) is 5. The van der Waals surface area contributed by atoms with Crippen molar-refractivity contribution in [2.24, 2.45) is 0 Å². The summed E-state index contributed by atoms with van der Waals surface area (Å²) >= 11 is 0. The lowest BCUT2D eigenvalue weighted by Gasteiger charge is -2.38. The number of likely N-dealkylation sites (N-methyl/N-ethyl adjacent to an activating group) is 1. The molecule has 0 aromatic heterocycles. The predicted octanol–water partition coefficient (Wildman–Crippen LogP) is 3.33. The van der Waals surface area contributed by atoms with E-state index in [1.54, 1.807) is 0 Å². The standard InChI is InChI=1S/C10H16N2.C9H15N3/c1-7-8(2)11(5)10(4)12(6)9(7)3;1-8-10(3)9(2)12-7-5-4-6-11(8)12/h2,4H2,1,3,5-6H3;1-2,4-7H2,3H3. The lowest BCUT2D eigenvalue weighted by atomic mass is 10.1. The fourth-order valence-corrected chi connectivity index (χ4v) is 3.08. The van der Waals surface area contributed by atoms with Gasteiger partial charge in [0.05, 0.1) is 0 Å². The van der Waals surface area contributed by atoms with Crippen LogP contribution in [0.4, 0.5) is 0 Å². The molecule has 0 atom stereocenters. The smallest absolute Gasteiger partial charge is 0.121 e. The summed E-state index contributed by atoms with van der Waals surface area (Å²) in [5, 5.41) is 4.43. The molecule has 0 amide bonds. The van der Waals surface area contributed by atoms with Gasteiger partial charge in [0.2, 0.25) is 0 Å². The Hall–Kier alpha value is -2.30. The maximum absolute atomic E-state index is 4.02. The lowest BCUT2D eigenvalue weighted by molar-refractivity contribution is 0.0452. The minimum absolute atomic E-state index is 0.975. The van der Waals surface area contributed by atoms with Crippen LogP contribution in [0.2, 0.25) is 0 Å². The molecule has 2 saturated heterocycles. The van der Waals surface area contributed by atoms with Gasteiger partial charge < -0.3 is 14.7 Å². The summed E-state index contributed by atoms with van der Waals surface area (Å²) in [6.07, 6.45) is 2.52. The van der Waals surface area contributed by atoms with Crippen molar-refractivity contribution in [3.8, 4) is 0 Å². The summed E-state index contributed by atoms with van der Waals surface area (Å²) < 4.78 is 0. The monoisotopic (exact) mass is 329 g/mol. The van der Waals surface area contributed by atoms with Gasteiger partial charge in [0.15, 0.2) is 0 Å². The summed E-state index contributed by atoms with van der Waals surface area (Å²) in [6.45, 7) is 22.3. The van der Waals surface area contributed by atoms with Gasteiger partial charge >= 0.3 is 0 Å². The summed E-state index contributed by atoms with van der Waals surface area (Å²) in [6, 6.07) is 0. The Balaban J connectivity index is 0.000000174. The van der Waals surface area contributed by atoms with Crippen molar-refractivity contribution >= 4 is 0 Å². The van der Waals surface area contributed by atoms with Crippen LogP contribution in [0.3, 0.4) is 0 Å². The van der Waals surface area contributed by atoms with Crippen molar-refractivity contribution in [1.29, 1.82) is 0 Å². The van der Waals surface area contributed by atoms with E-state index in [2.05, 4.69) is 55.1 Å². The molecule has 24 heavy (non-hydrogen) atoms. The van der Waals surface area contributed by atoms with Crippen LogP contribution >= 0.6 is 0 Å². The van der Waals surface area contributed by atoms with Gasteiger partial charge in [-0.05, 0) is 32.3 Å². The Morgan fingerprint density at radius 1 is 0.667 bits per heavy atom. The third-order valence-corrected chi connectivity index (χ3v) is 5.31. The third kappa shape index (κ3) is 2.90. The van der Waals surface area contributed by atoms with E-state index in [4.69, 9.17) is 0 Å². The summed E-state index contributed by atoms with van der Waals surface area (Å²) in [7, 11) is 6.02. The van der Waals surface area contributed by atoms with Gasteiger partial charge in [-0.2, -0.15) is 0 Å². The Bertz CT molecular complexity index is 591. The van der Waals surface area contributed by atoms with E-state index in [-0.39, 0.29) is 0 Å². The molecule has 0 spiro atoms. The highest BCUT2D eigenvalue weighted by Crippen LogP contribution is 2.31. The fourth-order valence-electron chi connectivity index (χ4n) is 3.08. The van der Waals surface area contributed by atoms with E-state index in [1.165, 1.54) is 24.1 Å². The molecule has 0 saturated carbocycles. The number of hydrazine groups is 1. The molecule has 0 radical (unpaired) electrons. The molecule has 0 aromatic rings. The molecule has 3 aliphatic rings. The van der Waals surface area contributed by atoms with E-state index >= 15 is 0 Å². The third-order valence-electron chi connectivity index (χ3n) is 5.31. The van der Waals surface area contributed by atoms with Crippen LogP contribution in [0.25, 0.3) is 0 Å². The molecule has 5 heteroatoms. The van der Waals surface area contributed by atoms with Crippen molar-refractivity contribution in [2.45, 2.75) is 26.7 Å². The van der Waals surface area contributed by atoms with Crippen molar-refractivity contribution in [2.75, 3.05) is 34.2 Å². The average Bonchev–Trinajstić information content (AvgIpc) is 2.82. The fraction of sp³-hybridized carbons (Fsp3) is 0.474. The Labute approximate surface area is 147 Å². The van der Waals surface area contributed by atoms with Gasteiger partial charge in [-0.15, -0.1) is 0 Å². The molecule has 5 nitrogen and oxygen atoms in total. The second-order valence-electron chi connectivity index (χ2n) is 6.54. The van der Waals surface area contributed by atoms with Crippen LogP contribution in [0, 0.1) is 0 Å². The van der Waals surface area contributed by atoms with E-state index in [1.807, 2.05) is 30.9 Å². The predicted molar refractivity (Wildman–Crippen MR) is 101 cm³/mol. The molecule has 3 aliphatic heterocycles. The number of fused-ring (bicyclic) bond motifs is 1. The molecule has 0 aromatic carbocycles. The minimum atomic E-state index is 0.975. The zero-order valence-corrected chi connectivity index (χ0v) is 15.9. The molecule has 0 unspecified atom stereocenters. The van der Waals surface area contributed by atoms with Crippen LogP contribution in [0.5, 0.6) is 0 Å². The second kappa shape index (κ2) is 6.67. The van der Waals surface area contributed by atoms with Crippen LogP contribution in [0.15, 0.2) is 60.7 Å².